The number of hydrogen-bond acceptors (Lipinski definition) is 4. The number of rotatable bonds is 3. The molecule has 1 N–H and O–H groups in total. The van der Waals surface area contributed by atoms with Crippen molar-refractivity contribution in [2.24, 2.45) is 0 Å². The van der Waals surface area contributed by atoms with Gasteiger partial charge in [-0.15, -0.1) is 0 Å². The fourth-order valence-electron chi connectivity index (χ4n) is 1.82. The van der Waals surface area contributed by atoms with Crippen molar-refractivity contribution in [3.05, 3.63) is 32.8 Å². The van der Waals surface area contributed by atoms with Crippen molar-refractivity contribution in [2.45, 2.75) is 18.9 Å². The van der Waals surface area contributed by atoms with Crippen LogP contribution < -0.4 is 5.32 Å². The Hall–Kier alpha value is -1.14. The summed E-state index contributed by atoms with van der Waals surface area (Å²) in [6, 6.07) is 5.37. The van der Waals surface area contributed by atoms with Gasteiger partial charge in [0.1, 0.15) is 0 Å². The third kappa shape index (κ3) is 3.17. The zero-order chi connectivity index (χ0) is 12.3. The van der Waals surface area contributed by atoms with Gasteiger partial charge in [0.15, 0.2) is 0 Å². The first-order chi connectivity index (χ1) is 8.16. The summed E-state index contributed by atoms with van der Waals surface area (Å²) >= 11 is 3.21. The summed E-state index contributed by atoms with van der Waals surface area (Å²) in [5.74, 6) is 0. The molecular weight excluding hydrogens is 288 g/mol. The molecule has 0 atom stereocenters. The molecule has 0 saturated carbocycles. The first-order valence-corrected chi connectivity index (χ1v) is 6.24. The lowest BCUT2D eigenvalue weighted by molar-refractivity contribution is -0.385. The van der Waals surface area contributed by atoms with Crippen LogP contribution in [0.3, 0.4) is 0 Å². The van der Waals surface area contributed by atoms with Gasteiger partial charge in [0.25, 0.3) is 5.69 Å². The van der Waals surface area contributed by atoms with E-state index in [9.17, 15) is 10.1 Å². The number of nitro groups is 1. The Morgan fingerprint density at radius 2 is 2.12 bits per heavy atom. The number of nitrogens with one attached hydrogen (secondary N) is 1. The van der Waals surface area contributed by atoms with Gasteiger partial charge in [0.2, 0.25) is 0 Å². The molecule has 2 rings (SSSR count). The van der Waals surface area contributed by atoms with Crippen LogP contribution in [0.2, 0.25) is 0 Å². The Labute approximate surface area is 107 Å². The molecule has 5 nitrogen and oxygen atoms in total. The number of nitro benzene ring substituents is 1. The van der Waals surface area contributed by atoms with Crippen LogP contribution in [-0.2, 0) is 4.74 Å². The van der Waals surface area contributed by atoms with E-state index in [1.54, 1.807) is 12.1 Å². The number of nitrogens with zero attached hydrogens (tertiary/aromatic N) is 1. The molecule has 1 saturated heterocycles. The van der Waals surface area contributed by atoms with Gasteiger partial charge in [0.05, 0.1) is 9.40 Å². The van der Waals surface area contributed by atoms with Gasteiger partial charge < -0.3 is 10.1 Å². The fraction of sp³-hybridized carbons (Fsp3) is 0.455. The molecule has 1 heterocycles. The predicted octanol–water partition coefficient (Wildman–Crippen LogP) is 2.95. The molecule has 17 heavy (non-hydrogen) atoms. The highest BCUT2D eigenvalue weighted by Gasteiger charge is 2.15. The summed E-state index contributed by atoms with van der Waals surface area (Å²) < 4.78 is 5.77. The van der Waals surface area contributed by atoms with E-state index in [1.165, 1.54) is 6.07 Å². The molecule has 0 unspecified atom stereocenters. The topological polar surface area (TPSA) is 64.4 Å². The Morgan fingerprint density at radius 3 is 2.71 bits per heavy atom. The lowest BCUT2D eigenvalue weighted by atomic mass is 10.1. The summed E-state index contributed by atoms with van der Waals surface area (Å²) in [6.45, 7) is 1.54. The minimum Gasteiger partial charge on any atom is -0.382 e. The second kappa shape index (κ2) is 5.46. The normalized spacial score (nSPS) is 16.8. The maximum Gasteiger partial charge on any atom is 0.283 e. The minimum absolute atomic E-state index is 0.0857. The zero-order valence-corrected chi connectivity index (χ0v) is 10.8. The van der Waals surface area contributed by atoms with Crippen LogP contribution in [0.5, 0.6) is 0 Å². The number of hydrogen-bond donors (Lipinski definition) is 1. The van der Waals surface area contributed by atoms with Gasteiger partial charge >= 0.3 is 0 Å². The predicted molar refractivity (Wildman–Crippen MR) is 68.3 cm³/mol. The molecule has 1 aliphatic rings. The SMILES string of the molecule is O=[N+]([O-])c1ccc(NC2CCOCC2)cc1Br. The molecule has 0 amide bonds. The van der Waals surface area contributed by atoms with Crippen LogP contribution >= 0.6 is 15.9 Å². The van der Waals surface area contributed by atoms with Crippen LogP contribution in [0.15, 0.2) is 22.7 Å². The average Bonchev–Trinajstić information content (AvgIpc) is 2.30. The Balaban J connectivity index is 2.06. The molecular formula is C11H13BrN2O3. The zero-order valence-electron chi connectivity index (χ0n) is 9.19. The highest BCUT2D eigenvalue weighted by Crippen LogP contribution is 2.28. The van der Waals surface area contributed by atoms with Gasteiger partial charge in [-0.1, -0.05) is 0 Å². The molecule has 1 fully saturated rings. The summed E-state index contributed by atoms with van der Waals surface area (Å²) in [5, 5.41) is 14.0. The van der Waals surface area contributed by atoms with Crippen molar-refractivity contribution in [1.29, 1.82) is 0 Å². The van der Waals surface area contributed by atoms with Gasteiger partial charge in [-0.2, -0.15) is 0 Å². The first-order valence-electron chi connectivity index (χ1n) is 5.45. The molecule has 6 heteroatoms. The van der Waals surface area contributed by atoms with E-state index in [2.05, 4.69) is 21.2 Å². The van der Waals surface area contributed by atoms with E-state index in [0.29, 0.717) is 10.5 Å². The molecule has 0 radical (unpaired) electrons. The molecule has 1 aromatic carbocycles. The molecule has 1 aliphatic heterocycles. The van der Waals surface area contributed by atoms with Gasteiger partial charge in [0, 0.05) is 31.0 Å². The van der Waals surface area contributed by atoms with Crippen molar-refractivity contribution in [1.82, 2.24) is 0 Å². The van der Waals surface area contributed by atoms with Gasteiger partial charge in [-0.05, 0) is 40.9 Å². The molecule has 0 aliphatic carbocycles. The summed E-state index contributed by atoms with van der Waals surface area (Å²) in [4.78, 5) is 10.3. The van der Waals surface area contributed by atoms with Crippen molar-refractivity contribution in [3.63, 3.8) is 0 Å². The van der Waals surface area contributed by atoms with Crippen LogP contribution in [-0.4, -0.2) is 24.2 Å². The fourth-order valence-corrected chi connectivity index (χ4v) is 2.35. The molecule has 0 aromatic heterocycles. The largest absolute Gasteiger partial charge is 0.382 e. The van der Waals surface area contributed by atoms with Gasteiger partial charge in [-0.3, -0.25) is 10.1 Å². The Bertz CT molecular complexity index is 419. The Morgan fingerprint density at radius 1 is 1.41 bits per heavy atom. The summed E-state index contributed by atoms with van der Waals surface area (Å²) in [5.41, 5.74) is 0.983. The average molecular weight is 301 g/mol. The molecule has 1 aromatic rings. The van der Waals surface area contributed by atoms with Crippen molar-refractivity contribution in [2.75, 3.05) is 18.5 Å². The van der Waals surface area contributed by atoms with Crippen molar-refractivity contribution in [3.8, 4) is 0 Å². The number of ether oxygens (including phenoxy) is 1. The van der Waals surface area contributed by atoms with Crippen molar-refractivity contribution >= 4 is 27.3 Å². The highest BCUT2D eigenvalue weighted by molar-refractivity contribution is 9.10. The maximum atomic E-state index is 10.7. The highest BCUT2D eigenvalue weighted by atomic mass is 79.9. The van der Waals surface area contributed by atoms with E-state index in [1.807, 2.05) is 0 Å². The van der Waals surface area contributed by atoms with Crippen LogP contribution in [0.4, 0.5) is 11.4 Å². The Kier molecular flexibility index (Phi) is 3.96. The van der Waals surface area contributed by atoms with Crippen LogP contribution in [0.1, 0.15) is 12.8 Å². The van der Waals surface area contributed by atoms with Crippen LogP contribution in [0, 0.1) is 10.1 Å². The monoisotopic (exact) mass is 300 g/mol. The van der Waals surface area contributed by atoms with Crippen molar-refractivity contribution < 1.29 is 9.66 Å². The lowest BCUT2D eigenvalue weighted by Crippen LogP contribution is -2.27. The second-order valence-electron chi connectivity index (χ2n) is 3.95. The number of halogens is 1. The van der Waals surface area contributed by atoms with Crippen LogP contribution in [0.25, 0.3) is 0 Å². The lowest BCUT2D eigenvalue weighted by Gasteiger charge is -2.24. The smallest absolute Gasteiger partial charge is 0.283 e. The maximum absolute atomic E-state index is 10.7. The molecule has 0 spiro atoms. The summed E-state index contributed by atoms with van der Waals surface area (Å²) in [6.07, 6.45) is 1.93. The van der Waals surface area contributed by atoms with E-state index in [-0.39, 0.29) is 5.69 Å². The van der Waals surface area contributed by atoms with Gasteiger partial charge in [-0.25, -0.2) is 0 Å². The first kappa shape index (κ1) is 12.3. The van der Waals surface area contributed by atoms with E-state index >= 15 is 0 Å². The summed E-state index contributed by atoms with van der Waals surface area (Å²) in [7, 11) is 0. The number of benzene rings is 1. The second-order valence-corrected chi connectivity index (χ2v) is 4.81. The molecule has 92 valence electrons. The number of anilines is 1. The minimum atomic E-state index is -0.400. The third-order valence-electron chi connectivity index (χ3n) is 2.74. The molecule has 0 bridgehead atoms. The van der Waals surface area contributed by atoms with E-state index in [0.717, 1.165) is 31.7 Å². The van der Waals surface area contributed by atoms with E-state index in [4.69, 9.17) is 4.74 Å². The third-order valence-corrected chi connectivity index (χ3v) is 3.37. The van der Waals surface area contributed by atoms with E-state index < -0.39 is 4.92 Å². The quantitative estimate of drug-likeness (QED) is 0.688. The standard InChI is InChI=1S/C11H13BrN2O3/c12-10-7-9(1-2-11(10)14(15)16)13-8-3-5-17-6-4-8/h1-2,7-8,13H,3-6H2.